The van der Waals surface area contributed by atoms with Crippen LogP contribution >= 0.6 is 0 Å². The van der Waals surface area contributed by atoms with Gasteiger partial charge in [-0.25, -0.2) is 4.98 Å². The van der Waals surface area contributed by atoms with Crippen LogP contribution in [0.5, 0.6) is 0 Å². The Balaban J connectivity index is 1.85. The second kappa shape index (κ2) is 6.01. The van der Waals surface area contributed by atoms with E-state index in [0.29, 0.717) is 0 Å². The summed E-state index contributed by atoms with van der Waals surface area (Å²) in [6, 6.07) is 8.70. The summed E-state index contributed by atoms with van der Waals surface area (Å²) >= 11 is 0. The minimum atomic E-state index is 0.755. The first-order valence-corrected chi connectivity index (χ1v) is 7.14. The van der Waals surface area contributed by atoms with Crippen molar-refractivity contribution in [2.45, 2.75) is 25.9 Å². The molecule has 0 radical (unpaired) electrons. The third kappa shape index (κ3) is 2.80. The maximum atomic E-state index is 4.70. The van der Waals surface area contributed by atoms with Gasteiger partial charge >= 0.3 is 0 Å². The van der Waals surface area contributed by atoms with Gasteiger partial charge in [-0.05, 0) is 31.0 Å². The van der Waals surface area contributed by atoms with Gasteiger partial charge in [0.1, 0.15) is 5.82 Å². The molecule has 3 rings (SSSR count). The number of fused-ring (bicyclic) bond motifs is 1. The molecule has 1 aromatic heterocycles. The van der Waals surface area contributed by atoms with Crippen molar-refractivity contribution >= 4 is 5.82 Å². The van der Waals surface area contributed by atoms with Gasteiger partial charge in [-0.3, -0.25) is 4.98 Å². The summed E-state index contributed by atoms with van der Waals surface area (Å²) in [5.41, 5.74) is 3.86. The van der Waals surface area contributed by atoms with Gasteiger partial charge < -0.3 is 10.2 Å². The summed E-state index contributed by atoms with van der Waals surface area (Å²) in [6.45, 7) is 2.71. The Labute approximate surface area is 119 Å². The Morgan fingerprint density at radius 1 is 1.20 bits per heavy atom. The Bertz CT molecular complexity index is 582. The van der Waals surface area contributed by atoms with Crippen LogP contribution in [-0.4, -0.2) is 23.6 Å². The van der Waals surface area contributed by atoms with Gasteiger partial charge in [0, 0.05) is 25.8 Å². The largest absolute Gasteiger partial charge is 0.351 e. The van der Waals surface area contributed by atoms with Gasteiger partial charge in [-0.2, -0.15) is 0 Å². The lowest BCUT2D eigenvalue weighted by molar-refractivity contribution is 0.734. The molecule has 1 aliphatic rings. The average molecular weight is 268 g/mol. The first-order chi connectivity index (χ1) is 9.86. The van der Waals surface area contributed by atoms with E-state index in [9.17, 15) is 0 Å². The van der Waals surface area contributed by atoms with Crippen LogP contribution in [0.3, 0.4) is 0 Å². The number of anilines is 1. The van der Waals surface area contributed by atoms with E-state index in [1.165, 1.54) is 11.1 Å². The van der Waals surface area contributed by atoms with E-state index >= 15 is 0 Å². The van der Waals surface area contributed by atoms with Gasteiger partial charge in [-0.1, -0.05) is 24.3 Å². The number of hydrogen-bond donors (Lipinski definition) is 1. The Morgan fingerprint density at radius 2 is 2.05 bits per heavy atom. The minimum absolute atomic E-state index is 0.755. The molecule has 20 heavy (non-hydrogen) atoms. The lowest BCUT2D eigenvalue weighted by Gasteiger charge is -2.22. The quantitative estimate of drug-likeness (QED) is 0.926. The van der Waals surface area contributed by atoms with E-state index in [1.807, 2.05) is 19.4 Å². The van der Waals surface area contributed by atoms with E-state index in [4.69, 9.17) is 4.98 Å². The molecule has 2 heterocycles. The molecule has 104 valence electrons. The number of hydrogen-bond acceptors (Lipinski definition) is 4. The molecule has 4 nitrogen and oxygen atoms in total. The summed E-state index contributed by atoms with van der Waals surface area (Å²) in [7, 11) is 1.93. The van der Waals surface area contributed by atoms with Crippen LogP contribution < -0.4 is 10.2 Å². The Morgan fingerprint density at radius 3 is 2.90 bits per heavy atom. The van der Waals surface area contributed by atoms with Crippen molar-refractivity contribution in [3.63, 3.8) is 0 Å². The van der Waals surface area contributed by atoms with Gasteiger partial charge in [0.2, 0.25) is 0 Å². The third-order valence-corrected chi connectivity index (χ3v) is 3.71. The van der Waals surface area contributed by atoms with Crippen molar-refractivity contribution in [3.8, 4) is 0 Å². The maximum absolute atomic E-state index is 4.70. The Hall–Kier alpha value is -1.94. The van der Waals surface area contributed by atoms with E-state index in [2.05, 4.69) is 39.5 Å². The topological polar surface area (TPSA) is 41.1 Å². The zero-order valence-electron chi connectivity index (χ0n) is 11.8. The number of aromatic nitrogens is 2. The second-order valence-electron chi connectivity index (χ2n) is 5.19. The van der Waals surface area contributed by atoms with Crippen molar-refractivity contribution in [2.75, 3.05) is 18.5 Å². The Kier molecular flexibility index (Phi) is 3.92. The van der Waals surface area contributed by atoms with Gasteiger partial charge in [0.15, 0.2) is 0 Å². The average Bonchev–Trinajstić information content (AvgIpc) is 2.70. The molecule has 1 N–H and O–H groups in total. The molecule has 0 fully saturated rings. The van der Waals surface area contributed by atoms with E-state index in [0.717, 1.165) is 44.0 Å². The van der Waals surface area contributed by atoms with Crippen LogP contribution in [0.1, 0.15) is 23.2 Å². The van der Waals surface area contributed by atoms with E-state index in [-0.39, 0.29) is 0 Å². The monoisotopic (exact) mass is 268 g/mol. The minimum Gasteiger partial charge on any atom is -0.351 e. The van der Waals surface area contributed by atoms with Crippen molar-refractivity contribution < 1.29 is 0 Å². The van der Waals surface area contributed by atoms with Crippen molar-refractivity contribution in [1.82, 2.24) is 15.3 Å². The molecule has 0 atom stereocenters. The molecule has 0 bridgehead atoms. The molecule has 0 aliphatic carbocycles. The zero-order valence-corrected chi connectivity index (χ0v) is 11.8. The van der Waals surface area contributed by atoms with Gasteiger partial charge in [-0.15, -0.1) is 0 Å². The highest BCUT2D eigenvalue weighted by Crippen LogP contribution is 2.22. The molecule has 2 aromatic rings. The van der Waals surface area contributed by atoms with Gasteiger partial charge in [0.05, 0.1) is 11.9 Å². The number of benzene rings is 1. The zero-order chi connectivity index (χ0) is 13.8. The molecule has 0 unspecified atom stereocenters. The summed E-state index contributed by atoms with van der Waals surface area (Å²) in [6.07, 6.45) is 6.00. The number of nitrogens with zero attached hydrogens (tertiary/aromatic N) is 3. The van der Waals surface area contributed by atoms with Crippen LogP contribution in [0.15, 0.2) is 36.7 Å². The van der Waals surface area contributed by atoms with Crippen LogP contribution in [0, 0.1) is 0 Å². The maximum Gasteiger partial charge on any atom is 0.147 e. The van der Waals surface area contributed by atoms with Crippen molar-refractivity contribution in [1.29, 1.82) is 0 Å². The fourth-order valence-corrected chi connectivity index (χ4v) is 2.71. The van der Waals surface area contributed by atoms with Crippen LogP contribution in [-0.2, 0) is 19.5 Å². The normalized spacial score (nSPS) is 14.8. The molecule has 4 heteroatoms. The lowest BCUT2D eigenvalue weighted by atomic mass is 10.0. The highest BCUT2D eigenvalue weighted by atomic mass is 15.2. The highest BCUT2D eigenvalue weighted by molar-refractivity contribution is 5.41. The summed E-state index contributed by atoms with van der Waals surface area (Å²) < 4.78 is 0. The van der Waals surface area contributed by atoms with Gasteiger partial charge in [0.25, 0.3) is 0 Å². The molecule has 1 aromatic carbocycles. The lowest BCUT2D eigenvalue weighted by Crippen LogP contribution is -2.24. The summed E-state index contributed by atoms with van der Waals surface area (Å²) in [5.74, 6) is 0.981. The molecule has 0 spiro atoms. The molecular weight excluding hydrogens is 248 g/mol. The summed E-state index contributed by atoms with van der Waals surface area (Å²) in [5, 5.41) is 3.12. The smallest absolute Gasteiger partial charge is 0.147 e. The fraction of sp³-hybridized carbons (Fsp3) is 0.375. The van der Waals surface area contributed by atoms with E-state index in [1.54, 1.807) is 0 Å². The van der Waals surface area contributed by atoms with Crippen LogP contribution in [0.25, 0.3) is 0 Å². The fourth-order valence-electron chi connectivity index (χ4n) is 2.71. The standard InChI is InChI=1S/C16H20N4/c1-17-9-15-10-18-11-16(19-15)20-8-4-7-13-5-2-3-6-14(13)12-20/h2-3,5-6,10-11,17H,4,7-9,12H2,1H3. The summed E-state index contributed by atoms with van der Waals surface area (Å²) in [4.78, 5) is 11.4. The first kappa shape index (κ1) is 13.1. The second-order valence-corrected chi connectivity index (χ2v) is 5.19. The molecule has 0 saturated carbocycles. The molecular formula is C16H20N4. The van der Waals surface area contributed by atoms with Crippen LogP contribution in [0.4, 0.5) is 5.82 Å². The molecule has 1 aliphatic heterocycles. The SMILES string of the molecule is CNCc1cncc(N2CCCc3ccccc3C2)n1. The first-order valence-electron chi connectivity index (χ1n) is 7.14. The van der Waals surface area contributed by atoms with E-state index < -0.39 is 0 Å². The number of aryl methyl sites for hydroxylation is 1. The number of nitrogens with one attached hydrogen (secondary N) is 1. The number of rotatable bonds is 3. The molecule has 0 amide bonds. The third-order valence-electron chi connectivity index (χ3n) is 3.71. The van der Waals surface area contributed by atoms with Crippen LogP contribution in [0.2, 0.25) is 0 Å². The highest BCUT2D eigenvalue weighted by Gasteiger charge is 2.15. The van der Waals surface area contributed by atoms with Crippen molar-refractivity contribution in [2.24, 2.45) is 0 Å². The molecule has 0 saturated heterocycles. The van der Waals surface area contributed by atoms with Crippen molar-refractivity contribution in [3.05, 3.63) is 53.5 Å². The predicted octanol–water partition coefficient (Wildman–Crippen LogP) is 2.15. The predicted molar refractivity (Wildman–Crippen MR) is 80.6 cm³/mol.